The van der Waals surface area contributed by atoms with E-state index in [1.165, 1.54) is 18.4 Å². The molecule has 1 aromatic rings. The van der Waals surface area contributed by atoms with E-state index in [4.69, 9.17) is 15.2 Å². The van der Waals surface area contributed by atoms with Gasteiger partial charge in [0.15, 0.2) is 0 Å². The van der Waals surface area contributed by atoms with Crippen LogP contribution in [0.2, 0.25) is 0 Å². The van der Waals surface area contributed by atoms with Crippen molar-refractivity contribution in [3.63, 3.8) is 0 Å². The predicted molar refractivity (Wildman–Crippen MR) is 87.0 cm³/mol. The second kappa shape index (κ2) is 7.69. The van der Waals surface area contributed by atoms with Gasteiger partial charge in [0.25, 0.3) is 0 Å². The normalized spacial score (nSPS) is 23.6. The van der Waals surface area contributed by atoms with Crippen molar-refractivity contribution in [2.24, 2.45) is 11.7 Å². The molecule has 3 unspecified atom stereocenters. The van der Waals surface area contributed by atoms with Gasteiger partial charge in [-0.1, -0.05) is 20.3 Å². The van der Waals surface area contributed by atoms with Crippen LogP contribution in [0.1, 0.15) is 51.5 Å². The van der Waals surface area contributed by atoms with Crippen molar-refractivity contribution in [2.45, 2.75) is 64.5 Å². The molecule has 3 nitrogen and oxygen atoms in total. The van der Waals surface area contributed by atoms with Gasteiger partial charge in [-0.2, -0.15) is 0 Å². The highest BCUT2D eigenvalue weighted by atomic mass is 16.5. The van der Waals surface area contributed by atoms with Gasteiger partial charge in [0.05, 0.1) is 13.2 Å². The molecule has 2 rings (SSSR count). The van der Waals surface area contributed by atoms with Crippen molar-refractivity contribution < 1.29 is 9.47 Å². The van der Waals surface area contributed by atoms with Crippen LogP contribution in [0, 0.1) is 5.92 Å². The molecule has 0 heterocycles. The Morgan fingerprint density at radius 1 is 1.33 bits per heavy atom. The summed E-state index contributed by atoms with van der Waals surface area (Å²) in [7, 11) is 1.70. The zero-order chi connectivity index (χ0) is 15.2. The summed E-state index contributed by atoms with van der Waals surface area (Å²) in [5.74, 6) is 2.62. The average Bonchev–Trinajstić information content (AvgIpc) is 2.49. The molecule has 0 spiro atoms. The average molecular weight is 291 g/mol. The van der Waals surface area contributed by atoms with E-state index in [9.17, 15) is 0 Å². The first-order valence-corrected chi connectivity index (χ1v) is 8.21. The number of nitrogens with two attached hydrogens (primary N) is 1. The molecule has 0 amide bonds. The Balaban J connectivity index is 2.12. The third-order valence-electron chi connectivity index (χ3n) is 4.46. The smallest absolute Gasteiger partial charge is 0.123 e. The summed E-state index contributed by atoms with van der Waals surface area (Å²) in [5, 5.41) is 0. The Hall–Kier alpha value is -1.22. The molecule has 1 aliphatic rings. The fraction of sp³-hybridized carbons (Fsp3) is 0.667. The van der Waals surface area contributed by atoms with Gasteiger partial charge in [-0.25, -0.2) is 0 Å². The van der Waals surface area contributed by atoms with Crippen molar-refractivity contribution in [3.8, 4) is 11.5 Å². The third-order valence-corrected chi connectivity index (χ3v) is 4.46. The SMILES string of the molecule is CCC(N)Cc1cc(OC)ccc1OC1CCCC(C)C1. The molecule has 0 aliphatic heterocycles. The molecule has 1 fully saturated rings. The van der Waals surface area contributed by atoms with E-state index in [0.29, 0.717) is 6.10 Å². The van der Waals surface area contributed by atoms with Crippen LogP contribution in [-0.4, -0.2) is 19.3 Å². The van der Waals surface area contributed by atoms with E-state index >= 15 is 0 Å². The van der Waals surface area contributed by atoms with Crippen LogP contribution in [-0.2, 0) is 6.42 Å². The molecular weight excluding hydrogens is 262 g/mol. The summed E-state index contributed by atoms with van der Waals surface area (Å²) in [6.45, 7) is 4.44. The minimum atomic E-state index is 0.171. The predicted octanol–water partition coefficient (Wildman–Crippen LogP) is 3.93. The number of hydrogen-bond donors (Lipinski definition) is 1. The van der Waals surface area contributed by atoms with E-state index in [1.807, 2.05) is 12.1 Å². The lowest BCUT2D eigenvalue weighted by Crippen LogP contribution is -2.26. The number of methoxy groups -OCH3 is 1. The zero-order valence-corrected chi connectivity index (χ0v) is 13.6. The van der Waals surface area contributed by atoms with Crippen LogP contribution in [0.15, 0.2) is 18.2 Å². The van der Waals surface area contributed by atoms with Crippen LogP contribution in [0.4, 0.5) is 0 Å². The quantitative estimate of drug-likeness (QED) is 0.863. The van der Waals surface area contributed by atoms with E-state index in [2.05, 4.69) is 19.9 Å². The van der Waals surface area contributed by atoms with Crippen LogP contribution in [0.25, 0.3) is 0 Å². The molecule has 0 aromatic heterocycles. The first-order chi connectivity index (χ1) is 10.1. The highest BCUT2D eigenvalue weighted by Crippen LogP contribution is 2.31. The monoisotopic (exact) mass is 291 g/mol. The molecule has 0 bridgehead atoms. The van der Waals surface area contributed by atoms with E-state index in [-0.39, 0.29) is 6.04 Å². The van der Waals surface area contributed by atoms with Gasteiger partial charge >= 0.3 is 0 Å². The Labute approximate surface area is 128 Å². The summed E-state index contributed by atoms with van der Waals surface area (Å²) in [5.41, 5.74) is 7.29. The minimum absolute atomic E-state index is 0.171. The van der Waals surface area contributed by atoms with Crippen molar-refractivity contribution in [1.29, 1.82) is 0 Å². The lowest BCUT2D eigenvalue weighted by atomic mass is 9.88. The standard InChI is InChI=1S/C18H29NO2/c1-4-15(19)11-14-12-16(20-3)8-9-18(14)21-17-7-5-6-13(2)10-17/h8-9,12-13,15,17H,4-7,10-11,19H2,1-3H3. The highest BCUT2D eigenvalue weighted by molar-refractivity contribution is 5.41. The fourth-order valence-corrected chi connectivity index (χ4v) is 3.05. The van der Waals surface area contributed by atoms with Crippen LogP contribution in [0.5, 0.6) is 11.5 Å². The maximum atomic E-state index is 6.29. The molecule has 3 heteroatoms. The van der Waals surface area contributed by atoms with Crippen molar-refractivity contribution in [2.75, 3.05) is 7.11 Å². The van der Waals surface area contributed by atoms with E-state index < -0.39 is 0 Å². The van der Waals surface area contributed by atoms with Crippen molar-refractivity contribution >= 4 is 0 Å². The first kappa shape index (κ1) is 16.2. The van der Waals surface area contributed by atoms with Crippen molar-refractivity contribution in [1.82, 2.24) is 0 Å². The molecule has 0 radical (unpaired) electrons. The van der Waals surface area contributed by atoms with Gasteiger partial charge in [-0.05, 0) is 61.8 Å². The van der Waals surface area contributed by atoms with Gasteiger partial charge in [0, 0.05) is 6.04 Å². The lowest BCUT2D eigenvalue weighted by Gasteiger charge is -2.28. The number of rotatable bonds is 6. The van der Waals surface area contributed by atoms with Crippen LogP contribution in [0.3, 0.4) is 0 Å². The van der Waals surface area contributed by atoms with Gasteiger partial charge in [-0.15, -0.1) is 0 Å². The van der Waals surface area contributed by atoms with Gasteiger partial charge in [0.1, 0.15) is 11.5 Å². The first-order valence-electron chi connectivity index (χ1n) is 8.21. The third kappa shape index (κ3) is 4.63. The fourth-order valence-electron chi connectivity index (χ4n) is 3.05. The summed E-state index contributed by atoms with van der Waals surface area (Å²) in [6, 6.07) is 6.25. The maximum absolute atomic E-state index is 6.29. The molecule has 118 valence electrons. The maximum Gasteiger partial charge on any atom is 0.123 e. The Kier molecular flexibility index (Phi) is 5.92. The van der Waals surface area contributed by atoms with E-state index in [0.717, 1.165) is 43.1 Å². The zero-order valence-electron chi connectivity index (χ0n) is 13.6. The second-order valence-corrected chi connectivity index (χ2v) is 6.36. The highest BCUT2D eigenvalue weighted by Gasteiger charge is 2.21. The Morgan fingerprint density at radius 3 is 2.81 bits per heavy atom. The Morgan fingerprint density at radius 2 is 2.14 bits per heavy atom. The number of hydrogen-bond acceptors (Lipinski definition) is 3. The summed E-state index contributed by atoms with van der Waals surface area (Å²) < 4.78 is 11.6. The molecule has 1 aliphatic carbocycles. The summed E-state index contributed by atoms with van der Waals surface area (Å²) in [4.78, 5) is 0. The van der Waals surface area contributed by atoms with Gasteiger partial charge < -0.3 is 15.2 Å². The molecule has 3 atom stereocenters. The summed E-state index contributed by atoms with van der Waals surface area (Å²) in [6.07, 6.45) is 7.07. The molecular formula is C18H29NO2. The number of benzene rings is 1. The lowest BCUT2D eigenvalue weighted by molar-refractivity contribution is 0.128. The van der Waals surface area contributed by atoms with E-state index in [1.54, 1.807) is 7.11 Å². The van der Waals surface area contributed by atoms with Crippen LogP contribution >= 0.6 is 0 Å². The topological polar surface area (TPSA) is 44.5 Å². The molecule has 0 saturated heterocycles. The minimum Gasteiger partial charge on any atom is -0.497 e. The largest absolute Gasteiger partial charge is 0.497 e. The van der Waals surface area contributed by atoms with Gasteiger partial charge in [-0.3, -0.25) is 0 Å². The molecule has 1 saturated carbocycles. The van der Waals surface area contributed by atoms with Crippen molar-refractivity contribution in [3.05, 3.63) is 23.8 Å². The molecule has 2 N–H and O–H groups in total. The Bertz CT molecular complexity index is 447. The van der Waals surface area contributed by atoms with Gasteiger partial charge in [0.2, 0.25) is 0 Å². The second-order valence-electron chi connectivity index (χ2n) is 6.36. The molecule has 21 heavy (non-hydrogen) atoms. The van der Waals surface area contributed by atoms with Crippen LogP contribution < -0.4 is 15.2 Å². The number of ether oxygens (including phenoxy) is 2. The molecule has 1 aromatic carbocycles. The summed E-state index contributed by atoms with van der Waals surface area (Å²) >= 11 is 0.